The molecule has 206 valence electrons. The average Bonchev–Trinajstić information content (AvgIpc) is 2.88. The van der Waals surface area contributed by atoms with Crippen LogP contribution in [0.1, 0.15) is 53.4 Å². The standard InChI is InChI=1S/C30H35FN4O3S/c1-20-8-5-6-11-27(20)35-14-12-34(13-15-35)23-10-7-9-21(16-23)26-19-30(2,3)25-18-22(31)17-24(28(25)32-26)29(36)33-39(4,37)38/h5-11,16-18,26,32H,12-15,19H2,1-4H3,(H,33,36). The monoisotopic (exact) mass is 550 g/mol. The minimum absolute atomic E-state index is 0.0170. The quantitative estimate of drug-likeness (QED) is 0.466. The van der Waals surface area contributed by atoms with E-state index in [1.165, 1.54) is 17.3 Å². The number of amides is 1. The van der Waals surface area contributed by atoms with E-state index >= 15 is 0 Å². The molecule has 0 aromatic heterocycles. The molecular weight excluding hydrogens is 515 g/mol. The number of carbonyl (C=O) groups excluding carboxylic acids is 1. The van der Waals surface area contributed by atoms with E-state index in [2.05, 4.69) is 64.5 Å². The first-order valence-corrected chi connectivity index (χ1v) is 15.1. The summed E-state index contributed by atoms with van der Waals surface area (Å²) in [7, 11) is -3.81. The number of hydrogen-bond donors (Lipinski definition) is 2. The lowest BCUT2D eigenvalue weighted by atomic mass is 9.73. The second-order valence-electron chi connectivity index (χ2n) is 11.2. The Labute approximate surface area is 230 Å². The van der Waals surface area contributed by atoms with Gasteiger partial charge in [-0.05, 0) is 65.8 Å². The molecule has 39 heavy (non-hydrogen) atoms. The van der Waals surface area contributed by atoms with E-state index in [0.29, 0.717) is 17.7 Å². The third-order valence-corrected chi connectivity index (χ3v) is 8.32. The molecule has 0 spiro atoms. The Morgan fingerprint density at radius 1 is 1.00 bits per heavy atom. The van der Waals surface area contributed by atoms with Crippen molar-refractivity contribution in [1.82, 2.24) is 4.72 Å². The van der Waals surface area contributed by atoms with Crippen molar-refractivity contribution in [2.24, 2.45) is 0 Å². The summed E-state index contributed by atoms with van der Waals surface area (Å²) in [5.74, 6) is -1.43. The van der Waals surface area contributed by atoms with Gasteiger partial charge in [0.15, 0.2) is 0 Å². The molecule has 1 fully saturated rings. The first-order chi connectivity index (χ1) is 18.4. The second-order valence-corrected chi connectivity index (χ2v) is 13.0. The fourth-order valence-electron chi connectivity index (χ4n) is 5.81. The summed E-state index contributed by atoms with van der Waals surface area (Å²) in [5.41, 5.74) is 5.41. The molecule has 7 nitrogen and oxygen atoms in total. The van der Waals surface area contributed by atoms with Crippen LogP contribution in [0.5, 0.6) is 0 Å². The van der Waals surface area contributed by atoms with Crippen LogP contribution in [-0.2, 0) is 15.4 Å². The molecule has 0 radical (unpaired) electrons. The van der Waals surface area contributed by atoms with Crippen molar-refractivity contribution in [3.05, 3.63) is 88.7 Å². The number of carbonyl (C=O) groups is 1. The third kappa shape index (κ3) is 5.73. The van der Waals surface area contributed by atoms with Crippen molar-refractivity contribution in [3.63, 3.8) is 0 Å². The van der Waals surface area contributed by atoms with Crippen LogP contribution in [0, 0.1) is 12.7 Å². The van der Waals surface area contributed by atoms with E-state index in [1.54, 1.807) is 0 Å². The van der Waals surface area contributed by atoms with E-state index in [-0.39, 0.29) is 11.6 Å². The van der Waals surface area contributed by atoms with Crippen LogP contribution in [0.3, 0.4) is 0 Å². The summed E-state index contributed by atoms with van der Waals surface area (Å²) in [4.78, 5) is 17.7. The maximum absolute atomic E-state index is 14.6. The number of nitrogens with zero attached hydrogens (tertiary/aromatic N) is 2. The Morgan fingerprint density at radius 3 is 2.38 bits per heavy atom. The van der Waals surface area contributed by atoms with Gasteiger partial charge >= 0.3 is 0 Å². The minimum atomic E-state index is -3.81. The van der Waals surface area contributed by atoms with Crippen LogP contribution < -0.4 is 19.8 Å². The van der Waals surface area contributed by atoms with Gasteiger partial charge in [0.2, 0.25) is 10.0 Å². The highest BCUT2D eigenvalue weighted by Gasteiger charge is 2.37. The molecular formula is C30H35FN4O3S. The first kappa shape index (κ1) is 27.0. The average molecular weight is 551 g/mol. The van der Waals surface area contributed by atoms with Crippen molar-refractivity contribution < 1.29 is 17.6 Å². The molecule has 2 aliphatic rings. The lowest BCUT2D eigenvalue weighted by molar-refractivity contribution is 0.0981. The van der Waals surface area contributed by atoms with Crippen molar-refractivity contribution in [1.29, 1.82) is 0 Å². The highest BCUT2D eigenvalue weighted by atomic mass is 32.2. The van der Waals surface area contributed by atoms with Gasteiger partial charge in [-0.1, -0.05) is 44.2 Å². The SMILES string of the molecule is Cc1ccccc1N1CCN(c2cccc(C3CC(C)(C)c4cc(F)cc(C(=O)NS(C)(=O)=O)c4N3)c2)CC1. The first-order valence-electron chi connectivity index (χ1n) is 13.2. The predicted octanol–water partition coefficient (Wildman–Crippen LogP) is 4.98. The van der Waals surface area contributed by atoms with E-state index in [4.69, 9.17) is 0 Å². The van der Waals surface area contributed by atoms with Gasteiger partial charge < -0.3 is 15.1 Å². The van der Waals surface area contributed by atoms with Crippen LogP contribution in [-0.4, -0.2) is 46.8 Å². The predicted molar refractivity (Wildman–Crippen MR) is 155 cm³/mol. The number of rotatable bonds is 5. The van der Waals surface area contributed by atoms with Gasteiger partial charge in [0.25, 0.3) is 5.91 Å². The number of sulfonamides is 1. The van der Waals surface area contributed by atoms with Crippen molar-refractivity contribution in [2.75, 3.05) is 47.6 Å². The van der Waals surface area contributed by atoms with Crippen molar-refractivity contribution >= 4 is 33.0 Å². The molecule has 2 N–H and O–H groups in total. The molecule has 2 heterocycles. The van der Waals surface area contributed by atoms with Crippen LogP contribution in [0.2, 0.25) is 0 Å². The highest BCUT2D eigenvalue weighted by molar-refractivity contribution is 7.89. The van der Waals surface area contributed by atoms with Crippen LogP contribution in [0.15, 0.2) is 60.7 Å². The number of fused-ring (bicyclic) bond motifs is 1. The summed E-state index contributed by atoms with van der Waals surface area (Å²) in [6, 6.07) is 19.3. The molecule has 3 aromatic carbocycles. The summed E-state index contributed by atoms with van der Waals surface area (Å²) < 4.78 is 40.0. The molecule has 0 bridgehead atoms. The Morgan fingerprint density at radius 2 is 1.69 bits per heavy atom. The molecule has 1 atom stereocenters. The number of nitrogens with one attached hydrogen (secondary N) is 2. The largest absolute Gasteiger partial charge is 0.377 e. The Kier molecular flexibility index (Phi) is 7.05. The second kappa shape index (κ2) is 10.2. The Bertz CT molecular complexity index is 1510. The zero-order valence-corrected chi connectivity index (χ0v) is 23.6. The summed E-state index contributed by atoms with van der Waals surface area (Å²) in [6.07, 6.45) is 1.59. The Hall–Kier alpha value is -3.59. The molecule has 0 aliphatic carbocycles. The Balaban J connectivity index is 1.39. The zero-order chi connectivity index (χ0) is 27.9. The fourth-order valence-corrected chi connectivity index (χ4v) is 6.25. The lowest BCUT2D eigenvalue weighted by Crippen LogP contribution is -2.46. The molecule has 3 aromatic rings. The van der Waals surface area contributed by atoms with E-state index in [0.717, 1.165) is 49.8 Å². The number of hydrogen-bond acceptors (Lipinski definition) is 6. The van der Waals surface area contributed by atoms with Crippen LogP contribution >= 0.6 is 0 Å². The van der Waals surface area contributed by atoms with Crippen molar-refractivity contribution in [3.8, 4) is 0 Å². The number of piperazine rings is 1. The van der Waals surface area contributed by atoms with Crippen LogP contribution in [0.25, 0.3) is 0 Å². The molecule has 1 unspecified atom stereocenters. The van der Waals surface area contributed by atoms with E-state index in [1.807, 2.05) is 24.6 Å². The molecule has 9 heteroatoms. The molecule has 1 amide bonds. The third-order valence-electron chi connectivity index (χ3n) is 7.76. The van der Waals surface area contributed by atoms with E-state index < -0.39 is 27.2 Å². The van der Waals surface area contributed by atoms with Gasteiger partial charge in [0.1, 0.15) is 5.82 Å². The van der Waals surface area contributed by atoms with Gasteiger partial charge in [-0.2, -0.15) is 0 Å². The van der Waals surface area contributed by atoms with Gasteiger partial charge in [0.05, 0.1) is 23.5 Å². The minimum Gasteiger partial charge on any atom is -0.377 e. The number of halogens is 1. The van der Waals surface area contributed by atoms with Gasteiger partial charge in [-0.3, -0.25) is 4.79 Å². The lowest BCUT2D eigenvalue weighted by Gasteiger charge is -2.40. The van der Waals surface area contributed by atoms with Gasteiger partial charge in [-0.25, -0.2) is 17.5 Å². The van der Waals surface area contributed by atoms with Gasteiger partial charge in [0, 0.05) is 37.6 Å². The number of aryl methyl sites for hydroxylation is 1. The summed E-state index contributed by atoms with van der Waals surface area (Å²) in [6.45, 7) is 9.85. The number of para-hydroxylation sites is 1. The smallest absolute Gasteiger partial charge is 0.266 e. The molecule has 2 aliphatic heterocycles. The summed E-state index contributed by atoms with van der Waals surface area (Å²) in [5, 5.41) is 3.45. The number of benzene rings is 3. The summed E-state index contributed by atoms with van der Waals surface area (Å²) >= 11 is 0. The maximum atomic E-state index is 14.6. The maximum Gasteiger partial charge on any atom is 0.266 e. The van der Waals surface area contributed by atoms with Gasteiger partial charge in [-0.15, -0.1) is 0 Å². The topological polar surface area (TPSA) is 81.8 Å². The fraction of sp³-hybridized carbons (Fsp3) is 0.367. The normalized spacial score (nSPS) is 18.7. The molecule has 1 saturated heterocycles. The highest BCUT2D eigenvalue weighted by Crippen LogP contribution is 2.46. The molecule has 0 saturated carbocycles. The number of anilines is 3. The van der Waals surface area contributed by atoms with E-state index in [9.17, 15) is 17.6 Å². The van der Waals surface area contributed by atoms with Crippen molar-refractivity contribution in [2.45, 2.75) is 38.6 Å². The van der Waals surface area contributed by atoms with Crippen LogP contribution in [0.4, 0.5) is 21.5 Å². The molecule has 5 rings (SSSR count). The zero-order valence-electron chi connectivity index (χ0n) is 22.8.